The first-order valence-corrected chi connectivity index (χ1v) is 21.1. The first-order chi connectivity index (χ1) is 30.4. The van der Waals surface area contributed by atoms with Gasteiger partial charge in [-0.2, -0.15) is 0 Å². The predicted molar refractivity (Wildman–Crippen MR) is 241 cm³/mol. The third kappa shape index (κ3) is 8.30. The number of fused-ring (bicyclic) bond motifs is 4. The standard InChI is InChI=1S/C24H26N6O3.C22H24N6O2/c1-13(31)28-20-7-6-15-4-2-14(10-18(15)29-20)3-5-16-11-19(22(33)21(16)32)30-9-8-17-23(25)26-12-27-24(17)30;23-18-6-5-13-3-1-12(9-16(13)27-18)2-4-14-10-17(20(30)19(14)29)28-8-7-15-21(24)25-11-26-22(15)28/h2,4,6-10,12,16,19,21-22,32-33H,3,5,11H2,1H3,(H2,25,26,27)(H,28,29,31);1,3,5-9,11,14,17,19-20,29-30H,2,4,10H2,(H2,23,27)(H2,24,25,26)/t16-,19+,21+,22-;14-,17+,19+,20-/m00/s1. The van der Waals surface area contributed by atoms with Crippen LogP contribution in [0.2, 0.25) is 0 Å². The van der Waals surface area contributed by atoms with Gasteiger partial charge in [0.15, 0.2) is 0 Å². The number of nitrogens with two attached hydrogens (primary N) is 3. The zero-order valence-electron chi connectivity index (χ0n) is 34.6. The van der Waals surface area contributed by atoms with E-state index in [0.717, 1.165) is 69.4 Å². The first kappa shape index (κ1) is 41.6. The summed E-state index contributed by atoms with van der Waals surface area (Å²) in [5.41, 5.74) is 22.9. The van der Waals surface area contributed by atoms with Crippen molar-refractivity contribution < 1.29 is 25.2 Å². The second kappa shape index (κ2) is 17.2. The predicted octanol–water partition coefficient (Wildman–Crippen LogP) is 4.50. The van der Waals surface area contributed by atoms with Crippen molar-refractivity contribution in [3.05, 3.63) is 109 Å². The van der Waals surface area contributed by atoms with E-state index in [0.29, 0.717) is 47.4 Å². The monoisotopic (exact) mass is 850 g/mol. The molecule has 2 aromatic carbocycles. The Balaban J connectivity index is 0.000000161. The molecular formula is C46H50N12O5. The molecule has 8 atom stereocenters. The van der Waals surface area contributed by atoms with Gasteiger partial charge in [0.2, 0.25) is 5.91 Å². The number of rotatable bonds is 9. The summed E-state index contributed by atoms with van der Waals surface area (Å²) in [7, 11) is 0. The quantitative estimate of drug-likeness (QED) is 0.0994. The van der Waals surface area contributed by atoms with Gasteiger partial charge in [0.1, 0.15) is 59.4 Å². The molecule has 0 saturated heterocycles. The number of pyridine rings is 2. The van der Waals surface area contributed by atoms with Crippen molar-refractivity contribution >= 4 is 73.1 Å². The molecule has 0 unspecified atom stereocenters. The topological polar surface area (TPSA) is 275 Å². The minimum atomic E-state index is -0.889. The Labute approximate surface area is 361 Å². The highest BCUT2D eigenvalue weighted by atomic mass is 16.3. The van der Waals surface area contributed by atoms with Gasteiger partial charge in [-0.05, 0) is 110 Å². The number of aryl methyl sites for hydroxylation is 2. The number of amides is 1. The molecule has 8 aromatic rings. The number of nitrogen functional groups attached to an aromatic ring is 3. The van der Waals surface area contributed by atoms with Crippen LogP contribution in [0.3, 0.4) is 0 Å². The number of anilines is 4. The molecule has 6 heterocycles. The third-order valence-electron chi connectivity index (χ3n) is 12.8. The second-order valence-corrected chi connectivity index (χ2v) is 16.8. The van der Waals surface area contributed by atoms with Crippen LogP contribution in [0.15, 0.2) is 97.8 Å². The normalized spacial score (nSPS) is 23.4. The number of aliphatic hydroxyl groups is 4. The van der Waals surface area contributed by atoms with Crippen LogP contribution < -0.4 is 22.5 Å². The largest absolute Gasteiger partial charge is 0.390 e. The Morgan fingerprint density at radius 3 is 1.62 bits per heavy atom. The van der Waals surface area contributed by atoms with Crippen LogP contribution >= 0.6 is 0 Å². The average Bonchev–Trinajstić information content (AvgIpc) is 4.04. The van der Waals surface area contributed by atoms with Gasteiger partial charge in [-0.1, -0.05) is 24.3 Å². The van der Waals surface area contributed by atoms with E-state index in [2.05, 4.69) is 47.4 Å². The number of carbonyl (C=O) groups excluding carboxylic acids is 1. The van der Waals surface area contributed by atoms with Crippen LogP contribution in [0.5, 0.6) is 0 Å². The lowest BCUT2D eigenvalue weighted by atomic mass is 9.95. The van der Waals surface area contributed by atoms with Gasteiger partial charge >= 0.3 is 0 Å². The number of benzene rings is 2. The molecule has 0 aliphatic heterocycles. The van der Waals surface area contributed by atoms with Crippen molar-refractivity contribution in [2.75, 3.05) is 22.5 Å². The first-order valence-electron chi connectivity index (χ1n) is 21.1. The van der Waals surface area contributed by atoms with E-state index in [9.17, 15) is 25.2 Å². The van der Waals surface area contributed by atoms with Crippen molar-refractivity contribution in [3.63, 3.8) is 0 Å². The fourth-order valence-corrected chi connectivity index (χ4v) is 9.45. The number of hydrogen-bond donors (Lipinski definition) is 8. The average molecular weight is 851 g/mol. The lowest BCUT2D eigenvalue weighted by Gasteiger charge is -2.19. The molecule has 0 bridgehead atoms. The number of aromatic nitrogens is 8. The van der Waals surface area contributed by atoms with Gasteiger partial charge in [-0.3, -0.25) is 4.79 Å². The van der Waals surface area contributed by atoms with Crippen LogP contribution in [-0.2, 0) is 17.6 Å². The fraction of sp³-hybridized carbons (Fsp3) is 0.326. The van der Waals surface area contributed by atoms with Crippen LogP contribution in [0.1, 0.15) is 55.8 Å². The molecule has 0 radical (unpaired) electrons. The van der Waals surface area contributed by atoms with E-state index in [1.165, 1.54) is 19.6 Å². The van der Waals surface area contributed by atoms with Gasteiger partial charge in [0, 0.05) is 30.1 Å². The van der Waals surface area contributed by atoms with E-state index in [1.54, 1.807) is 12.1 Å². The molecule has 17 nitrogen and oxygen atoms in total. The molecule has 2 saturated carbocycles. The number of hydrogen-bond acceptors (Lipinski definition) is 14. The molecule has 6 aromatic heterocycles. The Hall–Kier alpha value is -6.79. The van der Waals surface area contributed by atoms with Gasteiger partial charge in [-0.25, -0.2) is 29.9 Å². The summed E-state index contributed by atoms with van der Waals surface area (Å²) in [6.07, 6.45) is 7.48. The van der Waals surface area contributed by atoms with E-state index >= 15 is 0 Å². The van der Waals surface area contributed by atoms with E-state index in [-0.39, 0.29) is 29.8 Å². The SMILES string of the molecule is CC(=O)Nc1ccc2ccc(CC[C@H]3C[C@@H](n4ccc5c(N)ncnc54)[C@H](O)[C@@H]3O)cc2n1.Nc1ccc2ccc(CC[C@H]3C[C@@H](n4ccc5c(N)ncnc54)[C@H](O)[C@@H]3O)cc2n1. The summed E-state index contributed by atoms with van der Waals surface area (Å²) >= 11 is 0. The van der Waals surface area contributed by atoms with Gasteiger partial charge in [-0.15, -0.1) is 0 Å². The number of nitrogens with zero attached hydrogens (tertiary/aromatic N) is 8. The van der Waals surface area contributed by atoms with Crippen LogP contribution in [0.25, 0.3) is 43.9 Å². The zero-order chi connectivity index (χ0) is 43.9. The Bertz CT molecular complexity index is 2960. The minimum Gasteiger partial charge on any atom is -0.390 e. The highest BCUT2D eigenvalue weighted by Crippen LogP contribution is 2.41. The summed E-state index contributed by atoms with van der Waals surface area (Å²) in [5, 5.41) is 49.2. The molecule has 2 aliphatic carbocycles. The molecule has 2 aliphatic rings. The van der Waals surface area contributed by atoms with Crippen molar-refractivity contribution in [2.24, 2.45) is 11.8 Å². The van der Waals surface area contributed by atoms with Crippen molar-refractivity contribution in [1.29, 1.82) is 0 Å². The lowest BCUT2D eigenvalue weighted by molar-refractivity contribution is -0.114. The van der Waals surface area contributed by atoms with Gasteiger partial charge in [0.05, 0.1) is 46.1 Å². The van der Waals surface area contributed by atoms with Crippen LogP contribution in [0.4, 0.5) is 23.3 Å². The molecule has 1 amide bonds. The zero-order valence-corrected chi connectivity index (χ0v) is 34.6. The van der Waals surface area contributed by atoms with E-state index in [4.69, 9.17) is 17.2 Å². The summed E-state index contributed by atoms with van der Waals surface area (Å²) in [4.78, 5) is 36.9. The third-order valence-corrected chi connectivity index (χ3v) is 12.8. The maximum atomic E-state index is 11.3. The lowest BCUT2D eigenvalue weighted by Crippen LogP contribution is -2.29. The fourth-order valence-electron chi connectivity index (χ4n) is 9.45. The number of nitrogens with one attached hydrogen (secondary N) is 1. The van der Waals surface area contributed by atoms with Gasteiger partial charge < -0.3 is 52.1 Å². The Kier molecular flexibility index (Phi) is 11.3. The van der Waals surface area contributed by atoms with Crippen molar-refractivity contribution in [2.45, 2.75) is 81.9 Å². The van der Waals surface area contributed by atoms with E-state index < -0.39 is 24.4 Å². The van der Waals surface area contributed by atoms with Crippen molar-refractivity contribution in [1.82, 2.24) is 39.0 Å². The minimum absolute atomic E-state index is 0.0221. The molecule has 2 fully saturated rings. The number of aliphatic hydroxyl groups excluding tert-OH is 4. The molecule has 0 spiro atoms. The van der Waals surface area contributed by atoms with Gasteiger partial charge in [0.25, 0.3) is 0 Å². The summed E-state index contributed by atoms with van der Waals surface area (Å²) in [6, 6.07) is 22.8. The summed E-state index contributed by atoms with van der Waals surface area (Å²) in [5.74, 6) is 1.59. The van der Waals surface area contributed by atoms with Crippen LogP contribution in [-0.4, -0.2) is 89.8 Å². The molecule has 17 heteroatoms. The summed E-state index contributed by atoms with van der Waals surface area (Å²) in [6.45, 7) is 1.45. The highest BCUT2D eigenvalue weighted by Gasteiger charge is 2.43. The van der Waals surface area contributed by atoms with Crippen molar-refractivity contribution in [3.8, 4) is 0 Å². The maximum Gasteiger partial charge on any atom is 0.222 e. The molecule has 10 rings (SSSR count). The smallest absolute Gasteiger partial charge is 0.222 e. The Morgan fingerprint density at radius 2 is 1.11 bits per heavy atom. The van der Waals surface area contributed by atoms with Crippen LogP contribution in [0, 0.1) is 11.8 Å². The maximum absolute atomic E-state index is 11.3. The highest BCUT2D eigenvalue weighted by molar-refractivity contribution is 5.90. The molecule has 11 N–H and O–H groups in total. The number of carbonyl (C=O) groups is 1. The molecule has 63 heavy (non-hydrogen) atoms. The summed E-state index contributed by atoms with van der Waals surface area (Å²) < 4.78 is 3.80. The Morgan fingerprint density at radius 1 is 0.635 bits per heavy atom. The molecule has 324 valence electrons. The molecular weight excluding hydrogens is 801 g/mol. The van der Waals surface area contributed by atoms with E-state index in [1.807, 2.05) is 70.1 Å². The second-order valence-electron chi connectivity index (χ2n) is 16.8.